The molecule has 0 aliphatic heterocycles. The maximum atomic E-state index is 9.84. The Morgan fingerprint density at radius 3 is 2.89 bits per heavy atom. The molecule has 0 aromatic carbocycles. The first-order valence-electron chi connectivity index (χ1n) is 2.60. The fraction of sp³-hybridized carbons (Fsp3) is 0.800. The van der Waals surface area contributed by atoms with Gasteiger partial charge in [-0.15, -0.1) is 11.8 Å². The normalized spacial score (nSPS) is 13.1. The van der Waals surface area contributed by atoms with Crippen LogP contribution < -0.4 is 5.32 Å². The second-order valence-electron chi connectivity index (χ2n) is 1.36. The van der Waals surface area contributed by atoms with Gasteiger partial charge in [0.25, 0.3) is 0 Å². The third-order valence-electron chi connectivity index (χ3n) is 0.765. The highest BCUT2D eigenvalue weighted by Crippen LogP contribution is 2.04. The molecule has 0 aromatic rings. The molecule has 0 radical (unpaired) electrons. The lowest BCUT2D eigenvalue weighted by atomic mass is 10.9. The van der Waals surface area contributed by atoms with E-state index in [4.69, 9.17) is 4.74 Å². The zero-order chi connectivity index (χ0) is 7.11. The minimum Gasteiger partial charge on any atom is -0.357 e. The van der Waals surface area contributed by atoms with E-state index in [9.17, 15) is 4.79 Å². The van der Waals surface area contributed by atoms with Gasteiger partial charge in [-0.05, 0) is 7.05 Å². The summed E-state index contributed by atoms with van der Waals surface area (Å²) in [7, 11) is 3.38. The molecule has 0 aliphatic rings. The summed E-state index contributed by atoms with van der Waals surface area (Å²) in [6.07, 6.45) is 0.855. The fourth-order valence-electron chi connectivity index (χ4n) is 0.396. The van der Waals surface area contributed by atoms with Crippen molar-refractivity contribution >= 4 is 18.0 Å². The van der Waals surface area contributed by atoms with Gasteiger partial charge >= 0.3 is 0 Å². The largest absolute Gasteiger partial charge is 0.357 e. The highest BCUT2D eigenvalue weighted by molar-refractivity contribution is 8.00. The fourth-order valence-corrected chi connectivity index (χ4v) is 0.952. The number of hydrogen-bond donors (Lipinski definition) is 1. The summed E-state index contributed by atoms with van der Waals surface area (Å²) >= 11 is 1.42. The van der Waals surface area contributed by atoms with Crippen molar-refractivity contribution in [1.82, 2.24) is 5.32 Å². The Hall–Kier alpha value is -0.0600. The van der Waals surface area contributed by atoms with E-state index < -0.39 is 0 Å². The van der Waals surface area contributed by atoms with Gasteiger partial charge in [0.2, 0.25) is 0 Å². The van der Waals surface area contributed by atoms with Gasteiger partial charge in [0.1, 0.15) is 6.29 Å². The SMILES string of the molecule is CNC(OC)SCC=O. The smallest absolute Gasteiger partial charge is 0.156 e. The van der Waals surface area contributed by atoms with Crippen LogP contribution in [0.25, 0.3) is 0 Å². The number of carbonyl (C=O) groups is 1. The quantitative estimate of drug-likeness (QED) is 0.443. The average molecular weight is 149 g/mol. The van der Waals surface area contributed by atoms with Crippen molar-refractivity contribution in [3.63, 3.8) is 0 Å². The Bertz CT molecular complexity index is 75.4. The first-order valence-corrected chi connectivity index (χ1v) is 3.65. The Balaban J connectivity index is 3.19. The molecule has 0 saturated heterocycles. The molecule has 0 fully saturated rings. The van der Waals surface area contributed by atoms with E-state index >= 15 is 0 Å². The van der Waals surface area contributed by atoms with Crippen molar-refractivity contribution in [3.05, 3.63) is 0 Å². The van der Waals surface area contributed by atoms with Crippen molar-refractivity contribution in [2.45, 2.75) is 5.56 Å². The molecule has 0 amide bonds. The van der Waals surface area contributed by atoms with Gasteiger partial charge in [0.15, 0.2) is 5.56 Å². The van der Waals surface area contributed by atoms with Gasteiger partial charge in [-0.25, -0.2) is 0 Å². The minimum absolute atomic E-state index is 0.0600. The van der Waals surface area contributed by atoms with Crippen LogP contribution in [0.15, 0.2) is 0 Å². The predicted octanol–water partition coefficient (Wildman–Crippen LogP) is 0.0679. The number of nitrogens with one attached hydrogen (secondary N) is 1. The summed E-state index contributed by atoms with van der Waals surface area (Å²) < 4.78 is 4.89. The number of methoxy groups -OCH3 is 1. The van der Waals surface area contributed by atoms with Crippen molar-refractivity contribution in [2.24, 2.45) is 0 Å². The highest BCUT2D eigenvalue weighted by Gasteiger charge is 2.00. The Labute approximate surface area is 59.1 Å². The standard InChI is InChI=1S/C5H11NO2S/c1-6-5(8-2)9-4-3-7/h3,5-6H,4H2,1-2H3. The molecule has 0 heterocycles. The molecule has 1 atom stereocenters. The number of thioether (sulfide) groups is 1. The summed E-state index contributed by atoms with van der Waals surface area (Å²) in [5.41, 5.74) is -0.0600. The van der Waals surface area contributed by atoms with Crippen LogP contribution >= 0.6 is 11.8 Å². The molecule has 0 aromatic heterocycles. The monoisotopic (exact) mass is 149 g/mol. The zero-order valence-electron chi connectivity index (χ0n) is 5.59. The number of aldehydes is 1. The molecule has 9 heavy (non-hydrogen) atoms. The van der Waals surface area contributed by atoms with Crippen molar-refractivity contribution in [3.8, 4) is 0 Å². The molecule has 4 heteroatoms. The first-order chi connectivity index (χ1) is 4.35. The summed E-state index contributed by atoms with van der Waals surface area (Å²) in [5.74, 6) is 0.472. The lowest BCUT2D eigenvalue weighted by Gasteiger charge is -2.10. The van der Waals surface area contributed by atoms with Gasteiger partial charge < -0.3 is 9.53 Å². The van der Waals surface area contributed by atoms with Crippen LogP contribution in [0.1, 0.15) is 0 Å². The lowest BCUT2D eigenvalue weighted by molar-refractivity contribution is -0.105. The van der Waals surface area contributed by atoms with E-state index in [0.29, 0.717) is 5.75 Å². The van der Waals surface area contributed by atoms with E-state index in [0.717, 1.165) is 6.29 Å². The van der Waals surface area contributed by atoms with Gasteiger partial charge in [-0.2, -0.15) is 0 Å². The summed E-state index contributed by atoms with van der Waals surface area (Å²) in [5, 5.41) is 2.87. The number of carbonyl (C=O) groups excluding carboxylic acids is 1. The maximum Gasteiger partial charge on any atom is 0.156 e. The highest BCUT2D eigenvalue weighted by atomic mass is 32.2. The van der Waals surface area contributed by atoms with Crippen LogP contribution in [-0.4, -0.2) is 31.8 Å². The van der Waals surface area contributed by atoms with Gasteiger partial charge in [0.05, 0.1) is 5.75 Å². The van der Waals surface area contributed by atoms with E-state index in [1.165, 1.54) is 11.8 Å². The molecule has 0 saturated carbocycles. The van der Waals surface area contributed by atoms with Crippen LogP contribution in [-0.2, 0) is 9.53 Å². The molecule has 54 valence electrons. The summed E-state index contributed by atoms with van der Waals surface area (Å²) in [6.45, 7) is 0. The summed E-state index contributed by atoms with van der Waals surface area (Å²) in [4.78, 5) is 9.84. The Morgan fingerprint density at radius 1 is 1.89 bits per heavy atom. The Kier molecular flexibility index (Phi) is 6.03. The molecule has 1 unspecified atom stereocenters. The van der Waals surface area contributed by atoms with E-state index in [-0.39, 0.29) is 5.56 Å². The molecule has 1 N–H and O–H groups in total. The van der Waals surface area contributed by atoms with Gasteiger partial charge in [0, 0.05) is 7.11 Å². The Morgan fingerprint density at radius 2 is 2.56 bits per heavy atom. The molecule has 0 spiro atoms. The third kappa shape index (κ3) is 4.44. The zero-order valence-corrected chi connectivity index (χ0v) is 6.40. The number of ether oxygens (including phenoxy) is 1. The van der Waals surface area contributed by atoms with Crippen LogP contribution in [0.2, 0.25) is 0 Å². The predicted molar refractivity (Wildman–Crippen MR) is 38.4 cm³/mol. The summed E-state index contributed by atoms with van der Waals surface area (Å²) in [6, 6.07) is 0. The van der Waals surface area contributed by atoms with E-state index in [1.807, 2.05) is 0 Å². The van der Waals surface area contributed by atoms with Crippen molar-refractivity contribution in [1.29, 1.82) is 0 Å². The molecular formula is C5H11NO2S. The van der Waals surface area contributed by atoms with Crippen LogP contribution in [0.5, 0.6) is 0 Å². The van der Waals surface area contributed by atoms with Gasteiger partial charge in [-0.1, -0.05) is 0 Å². The van der Waals surface area contributed by atoms with E-state index in [1.54, 1.807) is 14.2 Å². The first kappa shape index (κ1) is 8.94. The van der Waals surface area contributed by atoms with Gasteiger partial charge in [-0.3, -0.25) is 5.32 Å². The second-order valence-corrected chi connectivity index (χ2v) is 2.45. The number of hydrogen-bond acceptors (Lipinski definition) is 4. The van der Waals surface area contributed by atoms with Crippen molar-refractivity contribution in [2.75, 3.05) is 19.9 Å². The third-order valence-corrected chi connectivity index (χ3v) is 1.82. The minimum atomic E-state index is -0.0600. The molecular weight excluding hydrogens is 138 g/mol. The van der Waals surface area contributed by atoms with Crippen LogP contribution in [0, 0.1) is 0 Å². The number of rotatable bonds is 5. The van der Waals surface area contributed by atoms with E-state index in [2.05, 4.69) is 5.32 Å². The second kappa shape index (κ2) is 6.07. The molecule has 0 bridgehead atoms. The molecule has 3 nitrogen and oxygen atoms in total. The van der Waals surface area contributed by atoms with Crippen molar-refractivity contribution < 1.29 is 9.53 Å². The maximum absolute atomic E-state index is 9.84. The molecule has 0 rings (SSSR count). The van der Waals surface area contributed by atoms with Crippen LogP contribution in [0.4, 0.5) is 0 Å². The lowest BCUT2D eigenvalue weighted by Crippen LogP contribution is -2.23. The van der Waals surface area contributed by atoms with Crippen LogP contribution in [0.3, 0.4) is 0 Å². The topological polar surface area (TPSA) is 38.3 Å². The molecule has 0 aliphatic carbocycles. The average Bonchev–Trinajstić information content (AvgIpc) is 1.91.